The molecule has 1 aliphatic heterocycles. The molecule has 0 spiro atoms. The molecule has 2 saturated carbocycles. The third kappa shape index (κ3) is 4.06. The second-order valence-corrected chi connectivity index (χ2v) is 9.10. The van der Waals surface area contributed by atoms with Crippen LogP contribution in [0.5, 0.6) is 0 Å². The van der Waals surface area contributed by atoms with Gasteiger partial charge in [-0.3, -0.25) is 19.5 Å². The molecule has 1 heterocycles. The van der Waals surface area contributed by atoms with Crippen LogP contribution in [-0.2, 0) is 9.59 Å². The summed E-state index contributed by atoms with van der Waals surface area (Å²) in [7, 11) is 1.70. The molecular formula is C21H33IN4O3. The summed E-state index contributed by atoms with van der Waals surface area (Å²) < 4.78 is 0. The van der Waals surface area contributed by atoms with E-state index in [0.717, 1.165) is 32.1 Å². The van der Waals surface area contributed by atoms with Crippen LogP contribution in [0.2, 0.25) is 0 Å². The minimum absolute atomic E-state index is 0. The Labute approximate surface area is 189 Å². The Kier molecular flexibility index (Phi) is 6.92. The molecule has 0 radical (unpaired) electrons. The summed E-state index contributed by atoms with van der Waals surface area (Å²) in [6.45, 7) is 3.59. The maximum absolute atomic E-state index is 12.7. The van der Waals surface area contributed by atoms with Crippen molar-refractivity contribution >= 4 is 41.8 Å². The summed E-state index contributed by atoms with van der Waals surface area (Å²) in [5.41, 5.74) is -0.152. The molecule has 29 heavy (non-hydrogen) atoms. The molecule has 8 heteroatoms. The van der Waals surface area contributed by atoms with Crippen LogP contribution in [0.15, 0.2) is 17.1 Å². The first kappa shape index (κ1) is 22.5. The number of halogens is 1. The first-order valence-corrected chi connectivity index (χ1v) is 10.6. The fourth-order valence-electron chi connectivity index (χ4n) is 5.56. The minimum atomic E-state index is -0.296. The number of nitrogens with zero attached hydrogens (tertiary/aromatic N) is 2. The zero-order valence-electron chi connectivity index (χ0n) is 17.3. The van der Waals surface area contributed by atoms with Crippen molar-refractivity contribution in [1.82, 2.24) is 15.5 Å². The number of aliphatic imine (C=N–C) groups is 1. The van der Waals surface area contributed by atoms with Crippen molar-refractivity contribution in [2.75, 3.05) is 26.7 Å². The summed E-state index contributed by atoms with van der Waals surface area (Å²) in [6.07, 6.45) is 8.96. The summed E-state index contributed by atoms with van der Waals surface area (Å²) >= 11 is 0. The standard InChI is InChI=1S/C21H32N4O3.HI/c1-21(8-4-3-5-15(21)26)12-24-20(22-2)23-9-10-25-18(27)16-13-6-7-14(11-13)17(16)19(25)28;/h6-7,13-17,26H,3-5,8-12H2,1-2H3,(H2,22,23,24);1H. The molecular weight excluding hydrogens is 483 g/mol. The van der Waals surface area contributed by atoms with Gasteiger partial charge in [-0.05, 0) is 31.1 Å². The summed E-state index contributed by atoms with van der Waals surface area (Å²) in [5, 5.41) is 16.8. The first-order valence-electron chi connectivity index (χ1n) is 10.6. The average molecular weight is 516 g/mol. The van der Waals surface area contributed by atoms with Crippen molar-refractivity contribution in [2.45, 2.75) is 45.1 Å². The van der Waals surface area contributed by atoms with Crippen LogP contribution in [0, 0.1) is 29.1 Å². The molecule has 4 aliphatic rings. The van der Waals surface area contributed by atoms with Crippen LogP contribution in [-0.4, -0.2) is 60.6 Å². The Hall–Kier alpha value is -1.16. The number of carbonyl (C=O) groups is 2. The van der Waals surface area contributed by atoms with Gasteiger partial charge in [0.25, 0.3) is 0 Å². The number of carbonyl (C=O) groups excluding carboxylic acids is 2. The maximum Gasteiger partial charge on any atom is 0.233 e. The van der Waals surface area contributed by atoms with Crippen LogP contribution in [0.3, 0.4) is 0 Å². The monoisotopic (exact) mass is 516 g/mol. The van der Waals surface area contributed by atoms with Crippen LogP contribution in [0.1, 0.15) is 39.0 Å². The number of hydrogen-bond donors (Lipinski definition) is 3. The van der Waals surface area contributed by atoms with Gasteiger partial charge in [0, 0.05) is 32.1 Å². The smallest absolute Gasteiger partial charge is 0.233 e. The molecule has 162 valence electrons. The average Bonchev–Trinajstić information content (AvgIpc) is 3.36. The molecule has 0 aromatic heterocycles. The van der Waals surface area contributed by atoms with Gasteiger partial charge in [0.2, 0.25) is 11.8 Å². The van der Waals surface area contributed by atoms with Crippen molar-refractivity contribution < 1.29 is 14.7 Å². The van der Waals surface area contributed by atoms with Crippen molar-refractivity contribution in [3.63, 3.8) is 0 Å². The molecule has 0 aromatic rings. The first-order chi connectivity index (χ1) is 13.4. The Morgan fingerprint density at radius 2 is 1.86 bits per heavy atom. The highest BCUT2D eigenvalue weighted by Crippen LogP contribution is 2.52. The number of guanidine groups is 1. The molecule has 4 rings (SSSR count). The number of likely N-dealkylation sites (tertiary alicyclic amines) is 1. The van der Waals surface area contributed by atoms with E-state index < -0.39 is 0 Å². The highest BCUT2D eigenvalue weighted by molar-refractivity contribution is 14.0. The lowest BCUT2D eigenvalue weighted by atomic mass is 9.73. The summed E-state index contributed by atoms with van der Waals surface area (Å²) in [5.74, 6) is 0.868. The maximum atomic E-state index is 12.7. The Morgan fingerprint density at radius 3 is 2.45 bits per heavy atom. The molecule has 3 fully saturated rings. The Bertz CT molecular complexity index is 682. The molecule has 7 nitrogen and oxygen atoms in total. The van der Waals surface area contributed by atoms with Gasteiger partial charge in [-0.25, -0.2) is 0 Å². The highest BCUT2D eigenvalue weighted by atomic mass is 127. The third-order valence-electron chi connectivity index (χ3n) is 7.35. The van der Waals surface area contributed by atoms with E-state index in [1.165, 1.54) is 4.90 Å². The van der Waals surface area contributed by atoms with Gasteiger partial charge in [0.05, 0.1) is 17.9 Å². The fourth-order valence-corrected chi connectivity index (χ4v) is 5.56. The van der Waals surface area contributed by atoms with E-state index in [9.17, 15) is 14.7 Å². The van der Waals surface area contributed by atoms with Gasteiger partial charge >= 0.3 is 0 Å². The summed E-state index contributed by atoms with van der Waals surface area (Å²) in [6, 6.07) is 0. The van der Waals surface area contributed by atoms with Crippen molar-refractivity contribution in [3.8, 4) is 0 Å². The lowest BCUT2D eigenvalue weighted by Gasteiger charge is -2.38. The summed E-state index contributed by atoms with van der Waals surface area (Å²) in [4.78, 5) is 31.1. The fraction of sp³-hybridized carbons (Fsp3) is 0.762. The van der Waals surface area contributed by atoms with E-state index in [2.05, 4.69) is 34.7 Å². The van der Waals surface area contributed by atoms with Crippen LogP contribution >= 0.6 is 24.0 Å². The quantitative estimate of drug-likeness (QED) is 0.170. The molecule has 1 saturated heterocycles. The number of aliphatic hydroxyl groups excluding tert-OH is 1. The SMILES string of the molecule is CN=C(NCCN1C(=O)C2C3C=CC(C3)C2C1=O)NCC1(C)CCCCC1O.I. The predicted octanol–water partition coefficient (Wildman–Crippen LogP) is 1.52. The van der Waals surface area contributed by atoms with Gasteiger partial charge in [-0.1, -0.05) is 31.9 Å². The largest absolute Gasteiger partial charge is 0.392 e. The van der Waals surface area contributed by atoms with Gasteiger partial charge in [0.15, 0.2) is 5.96 Å². The Balaban J connectivity index is 0.00000240. The van der Waals surface area contributed by atoms with E-state index >= 15 is 0 Å². The normalized spacial score (nSPS) is 38.2. The molecule has 0 aromatic carbocycles. The topological polar surface area (TPSA) is 94.0 Å². The molecule has 6 atom stereocenters. The lowest BCUT2D eigenvalue weighted by molar-refractivity contribution is -0.140. The zero-order valence-corrected chi connectivity index (χ0v) is 19.6. The number of amides is 2. The predicted molar refractivity (Wildman–Crippen MR) is 122 cm³/mol. The molecule has 6 unspecified atom stereocenters. The molecule has 2 amide bonds. The number of imide groups is 1. The van der Waals surface area contributed by atoms with E-state index in [4.69, 9.17) is 0 Å². The van der Waals surface area contributed by atoms with E-state index in [1.54, 1.807) is 7.05 Å². The second kappa shape index (κ2) is 8.91. The lowest BCUT2D eigenvalue weighted by Crippen LogP contribution is -2.49. The van der Waals surface area contributed by atoms with Crippen LogP contribution < -0.4 is 10.6 Å². The minimum Gasteiger partial charge on any atom is -0.392 e. The number of allylic oxidation sites excluding steroid dienone is 2. The van der Waals surface area contributed by atoms with Gasteiger partial charge in [-0.2, -0.15) is 0 Å². The van der Waals surface area contributed by atoms with Crippen LogP contribution in [0.25, 0.3) is 0 Å². The van der Waals surface area contributed by atoms with E-state index in [0.29, 0.717) is 25.6 Å². The number of fused-ring (bicyclic) bond motifs is 5. The highest BCUT2D eigenvalue weighted by Gasteiger charge is 2.58. The van der Waals surface area contributed by atoms with E-state index in [-0.39, 0.29) is 71.0 Å². The number of aliphatic hydroxyl groups is 1. The van der Waals surface area contributed by atoms with Gasteiger partial charge in [0.1, 0.15) is 0 Å². The number of rotatable bonds is 5. The van der Waals surface area contributed by atoms with Gasteiger partial charge in [-0.15, -0.1) is 24.0 Å². The molecule has 3 N–H and O–H groups in total. The zero-order chi connectivity index (χ0) is 19.9. The van der Waals surface area contributed by atoms with Crippen molar-refractivity contribution in [1.29, 1.82) is 0 Å². The van der Waals surface area contributed by atoms with Crippen LogP contribution in [0.4, 0.5) is 0 Å². The third-order valence-corrected chi connectivity index (χ3v) is 7.35. The molecule has 3 aliphatic carbocycles. The van der Waals surface area contributed by atoms with Gasteiger partial charge < -0.3 is 15.7 Å². The van der Waals surface area contributed by atoms with Crippen molar-refractivity contribution in [2.24, 2.45) is 34.1 Å². The van der Waals surface area contributed by atoms with Crippen molar-refractivity contribution in [3.05, 3.63) is 12.2 Å². The molecule has 2 bridgehead atoms. The second-order valence-electron chi connectivity index (χ2n) is 9.10. The Morgan fingerprint density at radius 1 is 1.21 bits per heavy atom. The van der Waals surface area contributed by atoms with E-state index in [1.807, 2.05) is 0 Å². The number of hydrogen-bond acceptors (Lipinski definition) is 4. The number of nitrogens with one attached hydrogen (secondary N) is 2.